The van der Waals surface area contributed by atoms with Crippen LogP contribution in [0.1, 0.15) is 27.9 Å². The number of phenolic OH excluding ortho intramolecular Hbond substituents is 1. The Morgan fingerprint density at radius 3 is 2.81 bits per heavy atom. The first-order valence-corrected chi connectivity index (χ1v) is 8.70. The monoisotopic (exact) mass is 397 g/mol. The van der Waals surface area contributed by atoms with Crippen molar-refractivity contribution in [3.63, 3.8) is 0 Å². The van der Waals surface area contributed by atoms with E-state index in [4.69, 9.17) is 4.74 Å². The minimum absolute atomic E-state index is 0.164. The Balaban J connectivity index is 1.80. The summed E-state index contributed by atoms with van der Waals surface area (Å²) in [6.07, 6.45) is -1.68. The van der Waals surface area contributed by atoms with Gasteiger partial charge in [0.15, 0.2) is 0 Å². The van der Waals surface area contributed by atoms with E-state index in [2.05, 4.69) is 10.1 Å². The van der Waals surface area contributed by atoms with Crippen molar-refractivity contribution in [2.75, 3.05) is 6.61 Å². The molecule has 2 heterocycles. The Bertz CT molecular complexity index is 966. The van der Waals surface area contributed by atoms with Gasteiger partial charge >= 0.3 is 12.1 Å². The summed E-state index contributed by atoms with van der Waals surface area (Å²) in [6.45, 7) is 2.20. The molecule has 27 heavy (non-hydrogen) atoms. The number of thiazole rings is 1. The summed E-state index contributed by atoms with van der Waals surface area (Å²) < 4.78 is 45.1. The van der Waals surface area contributed by atoms with Gasteiger partial charge in [0.25, 0.3) is 0 Å². The van der Waals surface area contributed by atoms with Gasteiger partial charge < -0.3 is 9.84 Å². The highest BCUT2D eigenvalue weighted by Crippen LogP contribution is 2.35. The van der Waals surface area contributed by atoms with Crippen molar-refractivity contribution in [2.24, 2.45) is 0 Å². The highest BCUT2D eigenvalue weighted by molar-refractivity contribution is 7.09. The summed E-state index contributed by atoms with van der Waals surface area (Å²) in [6, 6.07) is 2.82. The number of ether oxygens (including phenoxy) is 1. The third kappa shape index (κ3) is 4.45. The van der Waals surface area contributed by atoms with Crippen LogP contribution in [0.3, 0.4) is 0 Å². The molecular formula is C17H14F3N3O3S. The fraction of sp³-hybridized carbons (Fsp3) is 0.235. The van der Waals surface area contributed by atoms with Crippen molar-refractivity contribution >= 4 is 17.3 Å². The summed E-state index contributed by atoms with van der Waals surface area (Å²) >= 11 is 1.24. The molecule has 3 rings (SSSR count). The Kier molecular flexibility index (Phi) is 5.17. The van der Waals surface area contributed by atoms with Crippen LogP contribution >= 0.6 is 11.3 Å². The van der Waals surface area contributed by atoms with E-state index in [-0.39, 0.29) is 18.7 Å². The fourth-order valence-corrected chi connectivity index (χ4v) is 3.14. The standard InChI is InChI=1S/C17H14F3N3O3S/c1-2-26-16(25)11-6-21-23(7-11)8-15-22-14(9-27-15)10-3-12(17(18,19)20)5-13(24)4-10/h3-7,9,24H,2,8H2,1H3. The normalized spacial score (nSPS) is 11.6. The Morgan fingerprint density at radius 1 is 1.33 bits per heavy atom. The predicted octanol–water partition coefficient (Wildman–Crippen LogP) is 3.96. The smallest absolute Gasteiger partial charge is 0.416 e. The number of aromatic nitrogens is 3. The number of esters is 1. The minimum atomic E-state index is -4.56. The predicted molar refractivity (Wildman–Crippen MR) is 91.5 cm³/mol. The number of benzene rings is 1. The van der Waals surface area contributed by atoms with Crippen molar-refractivity contribution in [3.05, 3.63) is 52.1 Å². The van der Waals surface area contributed by atoms with Gasteiger partial charge in [0.1, 0.15) is 10.8 Å². The van der Waals surface area contributed by atoms with Crippen LogP contribution in [0, 0.1) is 0 Å². The summed E-state index contributed by atoms with van der Waals surface area (Å²) in [5.74, 6) is -0.969. The number of aromatic hydroxyl groups is 1. The molecule has 0 atom stereocenters. The number of halogens is 3. The maximum Gasteiger partial charge on any atom is 0.416 e. The summed E-state index contributed by atoms with van der Waals surface area (Å²) in [5.41, 5.74) is -0.165. The van der Waals surface area contributed by atoms with Gasteiger partial charge in [0.05, 0.1) is 36.2 Å². The van der Waals surface area contributed by atoms with Crippen molar-refractivity contribution in [1.29, 1.82) is 0 Å². The minimum Gasteiger partial charge on any atom is -0.508 e. The zero-order valence-corrected chi connectivity index (χ0v) is 14.8. The third-order valence-electron chi connectivity index (χ3n) is 3.53. The number of nitrogens with zero attached hydrogens (tertiary/aromatic N) is 3. The van der Waals surface area contributed by atoms with Crippen molar-refractivity contribution in [3.8, 4) is 17.0 Å². The first-order valence-electron chi connectivity index (χ1n) is 7.82. The molecule has 1 N–H and O–H groups in total. The van der Waals surface area contributed by atoms with Gasteiger partial charge in [-0.15, -0.1) is 11.3 Å². The van der Waals surface area contributed by atoms with Crippen molar-refractivity contribution in [1.82, 2.24) is 14.8 Å². The average Bonchev–Trinajstić information content (AvgIpc) is 3.24. The molecule has 3 aromatic rings. The molecule has 142 valence electrons. The van der Waals surface area contributed by atoms with Gasteiger partial charge in [-0.05, 0) is 25.1 Å². The molecule has 0 aliphatic rings. The second-order valence-electron chi connectivity index (χ2n) is 5.54. The van der Waals surface area contributed by atoms with E-state index in [1.54, 1.807) is 12.3 Å². The molecule has 0 saturated heterocycles. The van der Waals surface area contributed by atoms with Gasteiger partial charge in [-0.25, -0.2) is 9.78 Å². The summed E-state index contributed by atoms with van der Waals surface area (Å²) in [7, 11) is 0. The fourth-order valence-electron chi connectivity index (χ4n) is 2.35. The molecular weight excluding hydrogens is 383 g/mol. The Morgan fingerprint density at radius 2 is 2.11 bits per heavy atom. The molecule has 0 aliphatic heterocycles. The Labute approximate surface area is 155 Å². The van der Waals surface area contributed by atoms with Crippen molar-refractivity contribution in [2.45, 2.75) is 19.6 Å². The number of hydrogen-bond acceptors (Lipinski definition) is 6. The molecule has 0 spiro atoms. The van der Waals surface area contributed by atoms with Crippen LogP contribution in [-0.2, 0) is 17.5 Å². The largest absolute Gasteiger partial charge is 0.508 e. The molecule has 2 aromatic heterocycles. The Hall–Kier alpha value is -2.88. The van der Waals surface area contributed by atoms with Crippen molar-refractivity contribution < 1.29 is 27.8 Å². The topological polar surface area (TPSA) is 77.2 Å². The van der Waals surface area contributed by atoms with Crippen LogP contribution in [-0.4, -0.2) is 32.4 Å². The molecule has 0 aliphatic carbocycles. The highest BCUT2D eigenvalue weighted by Gasteiger charge is 2.31. The zero-order chi connectivity index (χ0) is 19.6. The second-order valence-corrected chi connectivity index (χ2v) is 6.48. The lowest BCUT2D eigenvalue weighted by atomic mass is 10.1. The maximum atomic E-state index is 12.9. The quantitative estimate of drug-likeness (QED) is 0.660. The van der Waals surface area contributed by atoms with E-state index in [1.807, 2.05) is 0 Å². The molecule has 10 heteroatoms. The molecule has 6 nitrogen and oxygen atoms in total. The molecule has 0 unspecified atom stereocenters. The third-order valence-corrected chi connectivity index (χ3v) is 4.37. The van der Waals surface area contributed by atoms with E-state index in [0.29, 0.717) is 22.3 Å². The number of alkyl halides is 3. The molecule has 0 bridgehead atoms. The average molecular weight is 397 g/mol. The van der Waals surface area contributed by atoms with E-state index in [9.17, 15) is 23.1 Å². The molecule has 0 amide bonds. The van der Waals surface area contributed by atoms with E-state index in [1.165, 1.54) is 34.5 Å². The SMILES string of the molecule is CCOC(=O)c1cnn(Cc2nc(-c3cc(O)cc(C(F)(F)F)c3)cs2)c1. The first kappa shape index (κ1) is 18.9. The van der Waals surface area contributed by atoms with Gasteiger partial charge in [0.2, 0.25) is 0 Å². The number of rotatable bonds is 5. The lowest BCUT2D eigenvalue weighted by Crippen LogP contribution is -2.05. The summed E-state index contributed by atoms with van der Waals surface area (Å²) in [5, 5.41) is 15.8. The van der Waals surface area contributed by atoms with E-state index in [0.717, 1.165) is 6.07 Å². The van der Waals surface area contributed by atoms with Gasteiger partial charge in [0, 0.05) is 17.1 Å². The van der Waals surface area contributed by atoms with E-state index < -0.39 is 23.5 Å². The molecule has 0 radical (unpaired) electrons. The number of phenols is 1. The van der Waals surface area contributed by atoms with Gasteiger partial charge in [-0.2, -0.15) is 18.3 Å². The first-order chi connectivity index (χ1) is 12.8. The maximum absolute atomic E-state index is 12.9. The van der Waals surface area contributed by atoms with Crippen LogP contribution in [0.2, 0.25) is 0 Å². The van der Waals surface area contributed by atoms with Crippen LogP contribution in [0.15, 0.2) is 36.0 Å². The summed E-state index contributed by atoms with van der Waals surface area (Å²) in [4.78, 5) is 15.9. The van der Waals surface area contributed by atoms with Crippen LogP contribution in [0.25, 0.3) is 11.3 Å². The lowest BCUT2D eigenvalue weighted by molar-refractivity contribution is -0.137. The number of hydrogen-bond donors (Lipinski definition) is 1. The second kappa shape index (κ2) is 7.39. The van der Waals surface area contributed by atoms with Gasteiger partial charge in [-0.3, -0.25) is 4.68 Å². The van der Waals surface area contributed by atoms with Crippen LogP contribution in [0.4, 0.5) is 13.2 Å². The lowest BCUT2D eigenvalue weighted by Gasteiger charge is -2.08. The highest BCUT2D eigenvalue weighted by atomic mass is 32.1. The molecule has 0 fully saturated rings. The van der Waals surface area contributed by atoms with Crippen LogP contribution < -0.4 is 0 Å². The van der Waals surface area contributed by atoms with Gasteiger partial charge in [-0.1, -0.05) is 0 Å². The molecule has 0 saturated carbocycles. The van der Waals surface area contributed by atoms with E-state index >= 15 is 0 Å². The number of carbonyl (C=O) groups excluding carboxylic acids is 1. The zero-order valence-electron chi connectivity index (χ0n) is 14.0. The number of carbonyl (C=O) groups is 1. The van der Waals surface area contributed by atoms with Crippen LogP contribution in [0.5, 0.6) is 5.75 Å². The molecule has 1 aromatic carbocycles.